The molecule has 1 saturated heterocycles. The highest BCUT2D eigenvalue weighted by atomic mass is 16.5. The van der Waals surface area contributed by atoms with Crippen molar-refractivity contribution in [3.05, 3.63) is 42.3 Å². The molecule has 5 nitrogen and oxygen atoms in total. The minimum absolute atomic E-state index is 0.0969. The molecule has 0 radical (unpaired) electrons. The molecule has 0 bridgehead atoms. The molecule has 1 fully saturated rings. The summed E-state index contributed by atoms with van der Waals surface area (Å²) >= 11 is 0. The molecule has 1 aromatic carbocycles. The van der Waals surface area contributed by atoms with E-state index in [0.717, 1.165) is 37.0 Å². The van der Waals surface area contributed by atoms with Crippen molar-refractivity contribution in [1.29, 1.82) is 0 Å². The van der Waals surface area contributed by atoms with Crippen LogP contribution in [0.4, 0.5) is 0 Å². The van der Waals surface area contributed by atoms with Gasteiger partial charge in [0.25, 0.3) is 5.89 Å². The van der Waals surface area contributed by atoms with Gasteiger partial charge < -0.3 is 9.15 Å². The summed E-state index contributed by atoms with van der Waals surface area (Å²) in [6.07, 6.45) is 1.81. The second-order valence-electron chi connectivity index (χ2n) is 5.97. The second kappa shape index (κ2) is 5.18. The summed E-state index contributed by atoms with van der Waals surface area (Å²) in [5, 5.41) is 9.55. The maximum absolute atomic E-state index is 5.92. The van der Waals surface area contributed by atoms with Gasteiger partial charge >= 0.3 is 0 Å². The molecular weight excluding hydrogens is 278 g/mol. The lowest BCUT2D eigenvalue weighted by molar-refractivity contribution is 0.0471. The third-order valence-corrected chi connectivity index (χ3v) is 4.36. The van der Waals surface area contributed by atoms with E-state index in [2.05, 4.69) is 22.1 Å². The van der Waals surface area contributed by atoms with Gasteiger partial charge in [0.2, 0.25) is 5.89 Å². The zero-order valence-corrected chi connectivity index (χ0v) is 12.5. The van der Waals surface area contributed by atoms with Gasteiger partial charge in [-0.3, -0.25) is 0 Å². The van der Waals surface area contributed by atoms with Gasteiger partial charge in [0.05, 0.1) is 10.9 Å². The molecule has 0 unspecified atom stereocenters. The van der Waals surface area contributed by atoms with Crippen LogP contribution in [0.25, 0.3) is 22.5 Å². The lowest BCUT2D eigenvalue weighted by Crippen LogP contribution is -2.30. The summed E-state index contributed by atoms with van der Waals surface area (Å²) in [6.45, 7) is 3.63. The first-order valence-electron chi connectivity index (χ1n) is 7.53. The summed E-state index contributed by atoms with van der Waals surface area (Å²) in [5.41, 5.74) is 1.55. The Bertz CT molecular complexity index is 806. The number of benzene rings is 1. The number of nitrogens with zero attached hydrogens (tertiary/aromatic N) is 3. The quantitative estimate of drug-likeness (QED) is 0.725. The first kappa shape index (κ1) is 13.4. The monoisotopic (exact) mass is 295 g/mol. The van der Waals surface area contributed by atoms with Gasteiger partial charge in [-0.05, 0) is 25.0 Å². The van der Waals surface area contributed by atoms with Crippen molar-refractivity contribution in [3.8, 4) is 11.6 Å². The van der Waals surface area contributed by atoms with Gasteiger partial charge in [-0.2, -0.15) is 0 Å². The third kappa shape index (κ3) is 2.27. The maximum atomic E-state index is 5.92. The van der Waals surface area contributed by atoms with Crippen molar-refractivity contribution in [2.45, 2.75) is 25.2 Å². The van der Waals surface area contributed by atoms with E-state index < -0.39 is 0 Å². The normalized spacial score (nSPS) is 17.7. The van der Waals surface area contributed by atoms with Crippen LogP contribution in [0.2, 0.25) is 0 Å². The first-order valence-corrected chi connectivity index (χ1v) is 7.53. The average molecular weight is 295 g/mol. The molecule has 22 heavy (non-hydrogen) atoms. The van der Waals surface area contributed by atoms with E-state index in [1.165, 1.54) is 0 Å². The van der Waals surface area contributed by atoms with E-state index in [9.17, 15) is 0 Å². The summed E-state index contributed by atoms with van der Waals surface area (Å²) in [7, 11) is 0. The van der Waals surface area contributed by atoms with Crippen molar-refractivity contribution < 1.29 is 9.15 Å². The Hall–Kier alpha value is -2.27. The molecule has 0 amide bonds. The van der Waals surface area contributed by atoms with Gasteiger partial charge in [-0.15, -0.1) is 10.2 Å². The van der Waals surface area contributed by atoms with Crippen LogP contribution >= 0.6 is 0 Å². The number of ether oxygens (including phenoxy) is 1. The Kier molecular flexibility index (Phi) is 3.15. The zero-order chi connectivity index (χ0) is 15.0. The van der Waals surface area contributed by atoms with Crippen LogP contribution in [0.5, 0.6) is 0 Å². The summed E-state index contributed by atoms with van der Waals surface area (Å²) < 4.78 is 11.3. The van der Waals surface area contributed by atoms with Crippen LogP contribution in [0.1, 0.15) is 25.7 Å². The van der Waals surface area contributed by atoms with Crippen LogP contribution in [0, 0.1) is 0 Å². The fourth-order valence-electron chi connectivity index (χ4n) is 2.79. The molecule has 2 aromatic heterocycles. The number of para-hydroxylation sites is 1. The fraction of sp³-hybridized carbons (Fsp3) is 0.353. The summed E-state index contributed by atoms with van der Waals surface area (Å²) in [6, 6.07) is 11.9. The van der Waals surface area contributed by atoms with E-state index >= 15 is 0 Å². The molecule has 3 heterocycles. The Balaban J connectivity index is 1.70. The molecular formula is C17H17N3O2. The van der Waals surface area contributed by atoms with Gasteiger partial charge in [0, 0.05) is 18.6 Å². The van der Waals surface area contributed by atoms with Crippen molar-refractivity contribution in [2.24, 2.45) is 0 Å². The molecule has 0 saturated carbocycles. The van der Waals surface area contributed by atoms with Crippen molar-refractivity contribution in [3.63, 3.8) is 0 Å². The molecule has 0 spiro atoms. The standard InChI is InChI=1S/C17H17N3O2/c1-17(8-10-21-11-9-17)16-20-19-15(22-16)14-7-6-12-4-2-3-5-13(12)18-14/h2-7H,8-11H2,1H3. The van der Waals surface area contributed by atoms with Crippen LogP contribution in [0.3, 0.4) is 0 Å². The molecule has 1 aliphatic rings. The predicted octanol–water partition coefficient (Wildman–Crippen LogP) is 3.35. The topological polar surface area (TPSA) is 61.0 Å². The van der Waals surface area contributed by atoms with E-state index in [1.54, 1.807) is 0 Å². The van der Waals surface area contributed by atoms with E-state index in [1.807, 2.05) is 36.4 Å². The van der Waals surface area contributed by atoms with Crippen LogP contribution in [-0.2, 0) is 10.2 Å². The van der Waals surface area contributed by atoms with Gasteiger partial charge in [0.1, 0.15) is 5.69 Å². The summed E-state index contributed by atoms with van der Waals surface area (Å²) in [4.78, 5) is 4.61. The number of pyridine rings is 1. The Morgan fingerprint density at radius 1 is 1.00 bits per heavy atom. The highest BCUT2D eigenvalue weighted by Crippen LogP contribution is 2.34. The molecule has 0 aliphatic carbocycles. The average Bonchev–Trinajstić information content (AvgIpc) is 3.06. The number of hydrogen-bond donors (Lipinski definition) is 0. The van der Waals surface area contributed by atoms with Crippen LogP contribution in [0.15, 0.2) is 40.8 Å². The Morgan fingerprint density at radius 2 is 1.82 bits per heavy atom. The first-order chi connectivity index (χ1) is 10.7. The molecule has 0 N–H and O–H groups in total. The third-order valence-electron chi connectivity index (χ3n) is 4.36. The van der Waals surface area contributed by atoms with E-state index in [-0.39, 0.29) is 5.41 Å². The highest BCUT2D eigenvalue weighted by molar-refractivity contribution is 5.80. The van der Waals surface area contributed by atoms with Crippen molar-refractivity contribution in [1.82, 2.24) is 15.2 Å². The predicted molar refractivity (Wildman–Crippen MR) is 82.4 cm³/mol. The molecule has 4 rings (SSSR count). The van der Waals surface area contributed by atoms with Gasteiger partial charge in [0.15, 0.2) is 0 Å². The minimum Gasteiger partial charge on any atom is -0.419 e. The minimum atomic E-state index is -0.0969. The smallest absolute Gasteiger partial charge is 0.266 e. The molecule has 5 heteroatoms. The SMILES string of the molecule is CC1(c2nnc(-c3ccc4ccccc4n3)o2)CCOCC1. The molecule has 1 aliphatic heterocycles. The highest BCUT2D eigenvalue weighted by Gasteiger charge is 2.35. The number of rotatable bonds is 2. The van der Waals surface area contributed by atoms with Crippen LogP contribution < -0.4 is 0 Å². The second-order valence-corrected chi connectivity index (χ2v) is 5.97. The zero-order valence-electron chi connectivity index (χ0n) is 12.5. The Labute approximate surface area is 128 Å². The van der Waals surface area contributed by atoms with Gasteiger partial charge in [-0.25, -0.2) is 4.98 Å². The van der Waals surface area contributed by atoms with E-state index in [4.69, 9.17) is 9.15 Å². The fourth-order valence-corrected chi connectivity index (χ4v) is 2.79. The lowest BCUT2D eigenvalue weighted by atomic mass is 9.82. The van der Waals surface area contributed by atoms with Crippen molar-refractivity contribution >= 4 is 10.9 Å². The molecule has 3 aromatic rings. The lowest BCUT2D eigenvalue weighted by Gasteiger charge is -2.29. The summed E-state index contributed by atoms with van der Waals surface area (Å²) in [5.74, 6) is 1.16. The maximum Gasteiger partial charge on any atom is 0.266 e. The largest absolute Gasteiger partial charge is 0.419 e. The number of hydrogen-bond acceptors (Lipinski definition) is 5. The molecule has 112 valence electrons. The molecule has 0 atom stereocenters. The Morgan fingerprint density at radius 3 is 2.68 bits per heavy atom. The van der Waals surface area contributed by atoms with Crippen molar-refractivity contribution in [2.75, 3.05) is 13.2 Å². The number of fused-ring (bicyclic) bond motifs is 1. The van der Waals surface area contributed by atoms with Crippen LogP contribution in [-0.4, -0.2) is 28.4 Å². The van der Waals surface area contributed by atoms with E-state index in [0.29, 0.717) is 17.5 Å². The number of aromatic nitrogens is 3. The van der Waals surface area contributed by atoms with Gasteiger partial charge in [-0.1, -0.05) is 31.2 Å².